The molecule has 2 rings (SSSR count). The molecule has 0 bridgehead atoms. The van der Waals surface area contributed by atoms with E-state index in [1.807, 2.05) is 18.4 Å². The normalized spacial score (nSPS) is 14.2. The molecule has 0 aliphatic rings. The summed E-state index contributed by atoms with van der Waals surface area (Å²) in [5, 5.41) is 2.00. The van der Waals surface area contributed by atoms with Gasteiger partial charge in [0.25, 0.3) is 0 Å². The van der Waals surface area contributed by atoms with Gasteiger partial charge in [0.2, 0.25) is 0 Å². The molecule has 1 heterocycles. The van der Waals surface area contributed by atoms with Crippen molar-refractivity contribution in [2.75, 3.05) is 0 Å². The van der Waals surface area contributed by atoms with Crippen LogP contribution in [0.15, 0.2) is 40.2 Å². The molecule has 0 radical (unpaired) electrons. The number of rotatable bonds is 6. The summed E-state index contributed by atoms with van der Waals surface area (Å²) in [4.78, 5) is 1.06. The van der Waals surface area contributed by atoms with Gasteiger partial charge in [0.15, 0.2) is 0 Å². The molecular weight excluding hydrogens is 341 g/mol. The molecule has 2 atom stereocenters. The van der Waals surface area contributed by atoms with Crippen molar-refractivity contribution in [2.24, 2.45) is 5.73 Å². The van der Waals surface area contributed by atoms with Gasteiger partial charge in [-0.15, -0.1) is 11.3 Å². The number of ether oxygens (including phenoxy) is 1. The second-order valence-corrected chi connectivity index (χ2v) is 6.42. The smallest absolute Gasteiger partial charge is 0.128 e. The zero-order chi connectivity index (χ0) is 14.5. The molecule has 0 fully saturated rings. The van der Waals surface area contributed by atoms with Gasteiger partial charge in [-0.1, -0.05) is 25.1 Å². The Bertz CT molecular complexity index is 560. The Kier molecular flexibility index (Phi) is 5.72. The summed E-state index contributed by atoms with van der Waals surface area (Å²) in [7, 11) is 0. The van der Waals surface area contributed by atoms with Gasteiger partial charge in [0.05, 0.1) is 6.61 Å². The molecule has 0 spiro atoms. The Hall–Kier alpha value is -0.750. The van der Waals surface area contributed by atoms with Crippen LogP contribution in [-0.2, 0) is 11.3 Å². The van der Waals surface area contributed by atoms with Crippen molar-refractivity contribution in [1.82, 2.24) is 0 Å². The SMILES string of the molecule is CCC(N)C(OCc1ccccc1F)c1cc(Br)cs1. The van der Waals surface area contributed by atoms with Gasteiger partial charge >= 0.3 is 0 Å². The molecule has 0 amide bonds. The highest BCUT2D eigenvalue weighted by Crippen LogP contribution is 2.31. The van der Waals surface area contributed by atoms with E-state index in [1.54, 1.807) is 29.5 Å². The molecule has 0 aliphatic carbocycles. The molecule has 2 unspecified atom stereocenters. The van der Waals surface area contributed by atoms with Crippen LogP contribution in [0.25, 0.3) is 0 Å². The molecule has 5 heteroatoms. The maximum Gasteiger partial charge on any atom is 0.128 e. The topological polar surface area (TPSA) is 35.2 Å². The Morgan fingerprint density at radius 1 is 1.40 bits per heavy atom. The van der Waals surface area contributed by atoms with Crippen molar-refractivity contribution >= 4 is 27.3 Å². The fraction of sp³-hybridized carbons (Fsp3) is 0.333. The van der Waals surface area contributed by atoms with Crippen LogP contribution in [0.1, 0.15) is 29.9 Å². The highest BCUT2D eigenvalue weighted by molar-refractivity contribution is 9.10. The summed E-state index contributed by atoms with van der Waals surface area (Å²) < 4.78 is 20.5. The molecular formula is C15H17BrFNOS. The maximum atomic E-state index is 13.6. The summed E-state index contributed by atoms with van der Waals surface area (Å²) in [6.07, 6.45) is 0.591. The Morgan fingerprint density at radius 2 is 2.15 bits per heavy atom. The van der Waals surface area contributed by atoms with E-state index in [4.69, 9.17) is 10.5 Å². The molecule has 2 aromatic rings. The van der Waals surface area contributed by atoms with Crippen LogP contribution < -0.4 is 5.73 Å². The van der Waals surface area contributed by atoms with E-state index >= 15 is 0 Å². The summed E-state index contributed by atoms with van der Waals surface area (Å²) in [5.74, 6) is -0.247. The minimum absolute atomic E-state index is 0.104. The van der Waals surface area contributed by atoms with Crippen molar-refractivity contribution in [1.29, 1.82) is 0 Å². The number of nitrogens with two attached hydrogens (primary N) is 1. The van der Waals surface area contributed by atoms with E-state index in [1.165, 1.54) is 6.07 Å². The molecule has 108 valence electrons. The van der Waals surface area contributed by atoms with Crippen LogP contribution in [0, 0.1) is 5.82 Å². The summed E-state index contributed by atoms with van der Waals surface area (Å²) in [5.41, 5.74) is 6.69. The standard InChI is InChI=1S/C15H17BrFNOS/c1-2-13(18)15(14-7-11(16)9-20-14)19-8-10-5-3-4-6-12(10)17/h3-7,9,13,15H,2,8,18H2,1H3. The first kappa shape index (κ1) is 15.6. The lowest BCUT2D eigenvalue weighted by atomic mass is 10.1. The predicted octanol–water partition coefficient (Wildman–Crippen LogP) is 4.64. The fourth-order valence-electron chi connectivity index (χ4n) is 1.90. The van der Waals surface area contributed by atoms with E-state index in [9.17, 15) is 4.39 Å². The van der Waals surface area contributed by atoms with E-state index in [0.29, 0.717) is 5.56 Å². The minimum Gasteiger partial charge on any atom is -0.366 e. The summed E-state index contributed by atoms with van der Waals surface area (Å²) in [6, 6.07) is 8.55. The third-order valence-electron chi connectivity index (χ3n) is 3.10. The molecule has 2 N–H and O–H groups in total. The predicted molar refractivity (Wildman–Crippen MR) is 84.2 cm³/mol. The number of hydrogen-bond donors (Lipinski definition) is 1. The van der Waals surface area contributed by atoms with Crippen molar-refractivity contribution in [3.05, 3.63) is 56.4 Å². The fourth-order valence-corrected chi connectivity index (χ4v) is 3.47. The molecule has 1 aromatic carbocycles. The van der Waals surface area contributed by atoms with Crippen LogP contribution in [0.2, 0.25) is 0 Å². The Balaban J connectivity index is 2.11. The largest absolute Gasteiger partial charge is 0.366 e. The minimum atomic E-state index is -0.247. The third kappa shape index (κ3) is 3.88. The molecule has 0 saturated heterocycles. The van der Waals surface area contributed by atoms with Crippen molar-refractivity contribution in [3.63, 3.8) is 0 Å². The van der Waals surface area contributed by atoms with Crippen LogP contribution in [0.3, 0.4) is 0 Å². The zero-order valence-corrected chi connectivity index (χ0v) is 13.6. The maximum absolute atomic E-state index is 13.6. The van der Waals surface area contributed by atoms with Gasteiger partial charge < -0.3 is 10.5 Å². The van der Waals surface area contributed by atoms with Crippen LogP contribution in [0.4, 0.5) is 4.39 Å². The molecule has 1 aromatic heterocycles. The zero-order valence-electron chi connectivity index (χ0n) is 11.2. The average molecular weight is 358 g/mol. The third-order valence-corrected chi connectivity index (χ3v) is 4.86. The van der Waals surface area contributed by atoms with Crippen molar-refractivity contribution < 1.29 is 9.13 Å². The highest BCUT2D eigenvalue weighted by Gasteiger charge is 2.21. The van der Waals surface area contributed by atoms with Crippen LogP contribution >= 0.6 is 27.3 Å². The second-order valence-electron chi connectivity index (χ2n) is 4.56. The molecule has 20 heavy (non-hydrogen) atoms. The first-order valence-corrected chi connectivity index (χ1v) is 8.13. The average Bonchev–Trinajstić information content (AvgIpc) is 2.87. The van der Waals surface area contributed by atoms with Gasteiger partial charge in [-0.2, -0.15) is 0 Å². The van der Waals surface area contributed by atoms with Gasteiger partial charge in [-0.3, -0.25) is 0 Å². The Morgan fingerprint density at radius 3 is 2.75 bits per heavy atom. The van der Waals surface area contributed by atoms with Gasteiger partial charge in [0, 0.05) is 26.3 Å². The van der Waals surface area contributed by atoms with Gasteiger partial charge in [0.1, 0.15) is 11.9 Å². The monoisotopic (exact) mass is 357 g/mol. The first-order valence-electron chi connectivity index (χ1n) is 6.46. The number of benzene rings is 1. The molecule has 0 saturated carbocycles. The van der Waals surface area contributed by atoms with E-state index < -0.39 is 0 Å². The highest BCUT2D eigenvalue weighted by atomic mass is 79.9. The van der Waals surface area contributed by atoms with E-state index in [-0.39, 0.29) is 24.6 Å². The van der Waals surface area contributed by atoms with Crippen LogP contribution in [-0.4, -0.2) is 6.04 Å². The quantitative estimate of drug-likeness (QED) is 0.816. The van der Waals surface area contributed by atoms with E-state index in [2.05, 4.69) is 15.9 Å². The second kappa shape index (κ2) is 7.31. The Labute approximate surface area is 130 Å². The summed E-state index contributed by atoms with van der Waals surface area (Å²) in [6.45, 7) is 2.24. The number of halogens is 2. The van der Waals surface area contributed by atoms with Gasteiger partial charge in [-0.05, 0) is 34.5 Å². The molecule has 2 nitrogen and oxygen atoms in total. The number of hydrogen-bond acceptors (Lipinski definition) is 3. The van der Waals surface area contributed by atoms with E-state index in [0.717, 1.165) is 15.8 Å². The van der Waals surface area contributed by atoms with Crippen LogP contribution in [0.5, 0.6) is 0 Å². The first-order chi connectivity index (χ1) is 9.61. The lowest BCUT2D eigenvalue weighted by Crippen LogP contribution is -2.29. The van der Waals surface area contributed by atoms with Gasteiger partial charge in [-0.25, -0.2) is 4.39 Å². The van der Waals surface area contributed by atoms with Crippen molar-refractivity contribution in [2.45, 2.75) is 32.1 Å². The molecule has 0 aliphatic heterocycles. The number of thiophene rings is 1. The lowest BCUT2D eigenvalue weighted by molar-refractivity contribution is 0.0222. The summed E-state index contributed by atoms with van der Waals surface area (Å²) >= 11 is 5.03. The lowest BCUT2D eigenvalue weighted by Gasteiger charge is -2.22. The van der Waals surface area contributed by atoms with Crippen molar-refractivity contribution in [3.8, 4) is 0 Å².